The summed E-state index contributed by atoms with van der Waals surface area (Å²) >= 11 is 5.28. The van der Waals surface area contributed by atoms with E-state index in [9.17, 15) is 4.57 Å². The number of phosphoric ester groups is 1. The monoisotopic (exact) mass is 236 g/mol. The molecule has 1 rings (SSSR count). The predicted molar refractivity (Wildman–Crippen MR) is 53.5 cm³/mol. The lowest BCUT2D eigenvalue weighted by Crippen LogP contribution is -1.98. The summed E-state index contributed by atoms with van der Waals surface area (Å²) in [4.78, 5) is 0. The molecule has 0 aliphatic carbocycles. The van der Waals surface area contributed by atoms with Crippen LogP contribution in [-0.2, 0) is 13.6 Å². The molecule has 1 aromatic carbocycles. The summed E-state index contributed by atoms with van der Waals surface area (Å²) in [6, 6.07) is 8.34. The van der Waals surface area contributed by atoms with Gasteiger partial charge in [0.1, 0.15) is 11.8 Å². The Bertz CT molecular complexity index is 316. The molecule has 0 amide bonds. The van der Waals surface area contributed by atoms with Crippen molar-refractivity contribution in [2.24, 2.45) is 0 Å². The molecule has 0 fully saturated rings. The van der Waals surface area contributed by atoms with Crippen molar-refractivity contribution in [2.75, 3.05) is 13.2 Å². The molecule has 1 atom stereocenters. The van der Waals surface area contributed by atoms with Crippen LogP contribution >= 0.6 is 19.4 Å². The second-order valence-corrected chi connectivity index (χ2v) is 4.19. The van der Waals surface area contributed by atoms with Crippen LogP contribution in [0.1, 0.15) is 0 Å². The molecule has 1 unspecified atom stereocenters. The molecule has 6 heteroatoms. The molecule has 0 heterocycles. The number of para-hydroxylation sites is 1. The quantitative estimate of drug-likeness (QED) is 0.582. The standard InChI is InChI=1S/C8H10ClO4P/c1-11-14(10,12-7-9)13-8-5-3-2-4-6-8/h2-6H,7H2,1H3. The van der Waals surface area contributed by atoms with Crippen molar-refractivity contribution in [1.82, 2.24) is 0 Å². The van der Waals surface area contributed by atoms with Crippen LogP contribution in [0.25, 0.3) is 0 Å². The Balaban J connectivity index is 2.71. The zero-order valence-electron chi connectivity index (χ0n) is 7.55. The lowest BCUT2D eigenvalue weighted by molar-refractivity contribution is 0.203. The van der Waals surface area contributed by atoms with Crippen LogP contribution in [-0.4, -0.2) is 13.2 Å². The lowest BCUT2D eigenvalue weighted by Gasteiger charge is -2.14. The maximum Gasteiger partial charge on any atom is 0.530 e. The SMILES string of the molecule is COP(=O)(OCCl)Oc1ccccc1. The Hall–Kier alpha value is -0.540. The summed E-state index contributed by atoms with van der Waals surface area (Å²) in [5.41, 5.74) is 0. The highest BCUT2D eigenvalue weighted by Gasteiger charge is 2.26. The Morgan fingerprint density at radius 1 is 1.36 bits per heavy atom. The van der Waals surface area contributed by atoms with Gasteiger partial charge in [0.25, 0.3) is 0 Å². The molecule has 0 spiro atoms. The van der Waals surface area contributed by atoms with Crippen LogP contribution in [0.5, 0.6) is 5.75 Å². The average molecular weight is 237 g/mol. The third-order valence-corrected chi connectivity index (χ3v) is 2.98. The summed E-state index contributed by atoms with van der Waals surface area (Å²) < 4.78 is 25.9. The molecule has 0 saturated heterocycles. The first-order valence-corrected chi connectivity index (χ1v) is 5.80. The summed E-state index contributed by atoms with van der Waals surface area (Å²) in [5.74, 6) is 0.405. The number of hydrogen-bond donors (Lipinski definition) is 0. The first kappa shape index (κ1) is 11.5. The molecule has 0 radical (unpaired) electrons. The van der Waals surface area contributed by atoms with E-state index < -0.39 is 7.82 Å². The van der Waals surface area contributed by atoms with Crippen LogP contribution < -0.4 is 4.52 Å². The van der Waals surface area contributed by atoms with Crippen molar-refractivity contribution in [3.8, 4) is 5.75 Å². The fraction of sp³-hybridized carbons (Fsp3) is 0.250. The summed E-state index contributed by atoms with van der Waals surface area (Å²) in [5, 5.41) is 0. The summed E-state index contributed by atoms with van der Waals surface area (Å²) in [6.07, 6.45) is 0. The number of benzene rings is 1. The van der Waals surface area contributed by atoms with Gasteiger partial charge in [-0.15, -0.1) is 0 Å². The molecule has 0 aliphatic rings. The number of phosphoric acid groups is 1. The van der Waals surface area contributed by atoms with Crippen molar-refractivity contribution in [3.05, 3.63) is 30.3 Å². The van der Waals surface area contributed by atoms with E-state index >= 15 is 0 Å². The molecule has 0 aromatic heterocycles. The number of halogens is 1. The topological polar surface area (TPSA) is 44.8 Å². The molecule has 0 aliphatic heterocycles. The van der Waals surface area contributed by atoms with Gasteiger partial charge >= 0.3 is 7.82 Å². The van der Waals surface area contributed by atoms with Gasteiger partial charge in [0, 0.05) is 7.11 Å². The average Bonchev–Trinajstić information content (AvgIpc) is 2.20. The lowest BCUT2D eigenvalue weighted by atomic mass is 10.3. The normalized spacial score (nSPS) is 14.7. The minimum Gasteiger partial charge on any atom is -0.404 e. The minimum atomic E-state index is -3.55. The van der Waals surface area contributed by atoms with Gasteiger partial charge in [-0.2, -0.15) is 0 Å². The first-order valence-electron chi connectivity index (χ1n) is 3.81. The maximum atomic E-state index is 11.6. The molecule has 0 N–H and O–H groups in total. The Kier molecular flexibility index (Phi) is 4.42. The van der Waals surface area contributed by atoms with E-state index in [0.717, 1.165) is 0 Å². The van der Waals surface area contributed by atoms with E-state index in [1.807, 2.05) is 6.07 Å². The van der Waals surface area contributed by atoms with Crippen LogP contribution in [0.2, 0.25) is 0 Å². The van der Waals surface area contributed by atoms with Crippen LogP contribution in [0, 0.1) is 0 Å². The number of rotatable bonds is 5. The highest BCUT2D eigenvalue weighted by atomic mass is 35.5. The summed E-state index contributed by atoms with van der Waals surface area (Å²) in [6.45, 7) is 0. The molecule has 78 valence electrons. The number of alkyl halides is 1. The molecule has 0 saturated carbocycles. The van der Waals surface area contributed by atoms with Gasteiger partial charge in [-0.3, -0.25) is 9.05 Å². The van der Waals surface area contributed by atoms with E-state index in [4.69, 9.17) is 16.1 Å². The molecular weight excluding hydrogens is 227 g/mol. The van der Waals surface area contributed by atoms with Gasteiger partial charge in [-0.05, 0) is 12.1 Å². The zero-order valence-corrected chi connectivity index (χ0v) is 9.20. The molecule has 0 bridgehead atoms. The van der Waals surface area contributed by atoms with Crippen LogP contribution in [0.15, 0.2) is 30.3 Å². The maximum absolute atomic E-state index is 11.6. The largest absolute Gasteiger partial charge is 0.530 e. The highest BCUT2D eigenvalue weighted by Crippen LogP contribution is 2.48. The third-order valence-electron chi connectivity index (χ3n) is 1.39. The third kappa shape index (κ3) is 3.31. The van der Waals surface area contributed by atoms with Crippen LogP contribution in [0.3, 0.4) is 0 Å². The zero-order chi connectivity index (χ0) is 10.4. The first-order chi connectivity index (χ1) is 6.70. The summed E-state index contributed by atoms with van der Waals surface area (Å²) in [7, 11) is -2.32. The Morgan fingerprint density at radius 2 is 2.00 bits per heavy atom. The molecule has 4 nitrogen and oxygen atoms in total. The van der Waals surface area contributed by atoms with E-state index in [1.165, 1.54) is 7.11 Å². The molecule has 14 heavy (non-hydrogen) atoms. The van der Waals surface area contributed by atoms with Crippen molar-refractivity contribution < 1.29 is 18.1 Å². The molecular formula is C8H10ClO4P. The van der Waals surface area contributed by atoms with Gasteiger partial charge in [0.05, 0.1) is 0 Å². The van der Waals surface area contributed by atoms with Crippen molar-refractivity contribution in [2.45, 2.75) is 0 Å². The highest BCUT2D eigenvalue weighted by molar-refractivity contribution is 7.49. The predicted octanol–water partition coefficient (Wildman–Crippen LogP) is 3.03. The van der Waals surface area contributed by atoms with Crippen molar-refractivity contribution in [1.29, 1.82) is 0 Å². The number of hydrogen-bond acceptors (Lipinski definition) is 4. The second-order valence-electron chi connectivity index (χ2n) is 2.27. The van der Waals surface area contributed by atoms with E-state index in [2.05, 4.69) is 9.05 Å². The van der Waals surface area contributed by atoms with Crippen molar-refractivity contribution in [3.63, 3.8) is 0 Å². The fourth-order valence-electron chi connectivity index (χ4n) is 0.787. The van der Waals surface area contributed by atoms with Gasteiger partial charge in [0.15, 0.2) is 0 Å². The van der Waals surface area contributed by atoms with Crippen molar-refractivity contribution >= 4 is 19.4 Å². The van der Waals surface area contributed by atoms with Gasteiger partial charge in [0.2, 0.25) is 0 Å². The van der Waals surface area contributed by atoms with Crippen LogP contribution in [0.4, 0.5) is 0 Å². The van der Waals surface area contributed by atoms with E-state index in [0.29, 0.717) is 5.75 Å². The van der Waals surface area contributed by atoms with E-state index in [-0.39, 0.29) is 6.07 Å². The Morgan fingerprint density at radius 3 is 2.50 bits per heavy atom. The van der Waals surface area contributed by atoms with E-state index in [1.54, 1.807) is 24.3 Å². The van der Waals surface area contributed by atoms with Gasteiger partial charge < -0.3 is 4.52 Å². The van der Waals surface area contributed by atoms with Gasteiger partial charge in [-0.1, -0.05) is 29.8 Å². The second kappa shape index (κ2) is 5.37. The smallest absolute Gasteiger partial charge is 0.404 e. The van der Waals surface area contributed by atoms with Gasteiger partial charge in [-0.25, -0.2) is 4.57 Å². The molecule has 1 aromatic rings. The minimum absolute atomic E-state index is 0.252. The Labute approximate surface area is 87.4 Å². The fourth-order valence-corrected chi connectivity index (χ4v) is 1.88.